The van der Waals surface area contributed by atoms with Gasteiger partial charge in [0, 0.05) is 13.0 Å². The van der Waals surface area contributed by atoms with Crippen LogP contribution in [0, 0.1) is 0 Å². The number of thiol groups is 1. The Kier molecular flexibility index (Phi) is 4.46. The van der Waals surface area contributed by atoms with Gasteiger partial charge in [-0.2, -0.15) is 0 Å². The van der Waals surface area contributed by atoms with Crippen LogP contribution in [0.2, 0.25) is 0 Å². The first kappa shape index (κ1) is 12.8. The van der Waals surface area contributed by atoms with Gasteiger partial charge in [0.25, 0.3) is 0 Å². The maximum absolute atomic E-state index is 10.9. The van der Waals surface area contributed by atoms with Crippen LogP contribution in [0.4, 0.5) is 0 Å². The predicted octanol–water partition coefficient (Wildman–Crippen LogP) is 2.12. The molecule has 0 bridgehead atoms. The van der Waals surface area contributed by atoms with E-state index in [2.05, 4.69) is 17.9 Å². The molecule has 1 saturated carbocycles. The molecule has 0 aromatic carbocycles. The number of carbonyl (C=O) groups excluding carboxylic acids is 1. The minimum atomic E-state index is -0.356. The summed E-state index contributed by atoms with van der Waals surface area (Å²) in [6.07, 6.45) is 4.33. The van der Waals surface area contributed by atoms with Gasteiger partial charge < -0.3 is 10.1 Å². The standard InChI is InChI=1S/C11H21NO2S/c1-8(13)12-9-4-6-10(7-5-9)14-11(2,3)15/h9-10,15H,4-7H2,1-3H3,(H,12,13). The topological polar surface area (TPSA) is 38.3 Å². The molecule has 0 aliphatic heterocycles. The van der Waals surface area contributed by atoms with Crippen LogP contribution in [0.1, 0.15) is 46.5 Å². The lowest BCUT2D eigenvalue weighted by molar-refractivity contribution is -0.120. The van der Waals surface area contributed by atoms with Crippen molar-refractivity contribution >= 4 is 18.5 Å². The van der Waals surface area contributed by atoms with Crippen molar-refractivity contribution in [3.05, 3.63) is 0 Å². The molecule has 0 aromatic rings. The van der Waals surface area contributed by atoms with Gasteiger partial charge in [-0.3, -0.25) is 4.79 Å². The molecule has 0 unspecified atom stereocenters. The highest BCUT2D eigenvalue weighted by molar-refractivity contribution is 7.81. The largest absolute Gasteiger partial charge is 0.362 e. The monoisotopic (exact) mass is 231 g/mol. The second-order valence-corrected chi connectivity index (χ2v) is 5.82. The Balaban J connectivity index is 2.27. The van der Waals surface area contributed by atoms with Gasteiger partial charge >= 0.3 is 0 Å². The van der Waals surface area contributed by atoms with Crippen molar-refractivity contribution in [1.29, 1.82) is 0 Å². The average Bonchev–Trinajstić information content (AvgIpc) is 2.05. The number of ether oxygens (including phenoxy) is 1. The summed E-state index contributed by atoms with van der Waals surface area (Å²) in [5, 5.41) is 2.95. The molecular formula is C11H21NO2S. The van der Waals surface area contributed by atoms with Crippen LogP contribution in [0.15, 0.2) is 0 Å². The molecule has 15 heavy (non-hydrogen) atoms. The maximum Gasteiger partial charge on any atom is 0.217 e. The molecular weight excluding hydrogens is 210 g/mol. The van der Waals surface area contributed by atoms with E-state index in [4.69, 9.17) is 4.74 Å². The highest BCUT2D eigenvalue weighted by atomic mass is 32.1. The van der Waals surface area contributed by atoms with Gasteiger partial charge in [-0.25, -0.2) is 0 Å². The smallest absolute Gasteiger partial charge is 0.217 e. The van der Waals surface area contributed by atoms with Crippen molar-refractivity contribution in [2.75, 3.05) is 0 Å². The quantitative estimate of drug-likeness (QED) is 0.577. The molecule has 1 rings (SSSR count). The Morgan fingerprint density at radius 2 is 1.87 bits per heavy atom. The van der Waals surface area contributed by atoms with E-state index >= 15 is 0 Å². The summed E-state index contributed by atoms with van der Waals surface area (Å²) >= 11 is 4.35. The summed E-state index contributed by atoms with van der Waals surface area (Å²) in [5.41, 5.74) is 0. The Bertz CT molecular complexity index is 217. The SMILES string of the molecule is CC(=O)NC1CCC(OC(C)(C)S)CC1. The normalized spacial score (nSPS) is 27.5. The minimum absolute atomic E-state index is 0.0638. The zero-order valence-electron chi connectivity index (χ0n) is 9.75. The van der Waals surface area contributed by atoms with Crippen LogP contribution in [0.5, 0.6) is 0 Å². The molecule has 0 spiro atoms. The number of carbonyl (C=O) groups is 1. The van der Waals surface area contributed by atoms with Crippen molar-refractivity contribution < 1.29 is 9.53 Å². The van der Waals surface area contributed by atoms with E-state index in [1.165, 1.54) is 0 Å². The Morgan fingerprint density at radius 1 is 1.33 bits per heavy atom. The number of rotatable bonds is 3. The van der Waals surface area contributed by atoms with E-state index in [0.717, 1.165) is 25.7 Å². The fourth-order valence-electron chi connectivity index (χ4n) is 2.02. The van der Waals surface area contributed by atoms with Crippen LogP contribution in [0.3, 0.4) is 0 Å². The van der Waals surface area contributed by atoms with Gasteiger partial charge in [-0.05, 0) is 39.5 Å². The highest BCUT2D eigenvalue weighted by Crippen LogP contribution is 2.26. The van der Waals surface area contributed by atoms with Crippen molar-refractivity contribution in [2.24, 2.45) is 0 Å². The molecule has 0 saturated heterocycles. The second-order valence-electron chi connectivity index (χ2n) is 4.74. The molecule has 1 aliphatic rings. The second kappa shape index (κ2) is 5.21. The molecule has 1 N–H and O–H groups in total. The Hall–Kier alpha value is -0.220. The van der Waals surface area contributed by atoms with Gasteiger partial charge in [0.05, 0.1) is 6.10 Å². The first-order valence-electron chi connectivity index (χ1n) is 5.54. The van der Waals surface area contributed by atoms with Gasteiger partial charge in [0.2, 0.25) is 5.91 Å². The first-order chi connectivity index (χ1) is 6.87. The van der Waals surface area contributed by atoms with Crippen LogP contribution in [-0.2, 0) is 9.53 Å². The average molecular weight is 231 g/mol. The maximum atomic E-state index is 10.9. The van der Waals surface area contributed by atoms with E-state index in [-0.39, 0.29) is 10.8 Å². The van der Waals surface area contributed by atoms with E-state index in [1.807, 2.05) is 13.8 Å². The summed E-state index contributed by atoms with van der Waals surface area (Å²) in [7, 11) is 0. The molecule has 0 atom stereocenters. The third-order valence-electron chi connectivity index (χ3n) is 2.54. The molecule has 88 valence electrons. The molecule has 0 radical (unpaired) electrons. The Morgan fingerprint density at radius 3 is 2.27 bits per heavy atom. The molecule has 0 heterocycles. The summed E-state index contributed by atoms with van der Waals surface area (Å²) in [6, 6.07) is 0.338. The third-order valence-corrected chi connectivity index (χ3v) is 2.64. The van der Waals surface area contributed by atoms with Crippen molar-refractivity contribution in [2.45, 2.75) is 63.5 Å². The third kappa shape index (κ3) is 5.42. The van der Waals surface area contributed by atoms with Crippen LogP contribution in [0.25, 0.3) is 0 Å². The molecule has 1 aliphatic carbocycles. The van der Waals surface area contributed by atoms with Gasteiger partial charge in [-0.15, -0.1) is 12.6 Å². The molecule has 1 amide bonds. The number of hydrogen-bond acceptors (Lipinski definition) is 3. The van der Waals surface area contributed by atoms with Gasteiger partial charge in [0.1, 0.15) is 4.93 Å². The summed E-state index contributed by atoms with van der Waals surface area (Å²) < 4.78 is 5.78. The van der Waals surface area contributed by atoms with Crippen molar-refractivity contribution in [3.63, 3.8) is 0 Å². The Labute approximate surface area is 97.4 Å². The van der Waals surface area contributed by atoms with E-state index < -0.39 is 0 Å². The highest BCUT2D eigenvalue weighted by Gasteiger charge is 2.25. The molecule has 3 nitrogen and oxygen atoms in total. The first-order valence-corrected chi connectivity index (χ1v) is 5.99. The molecule has 1 fully saturated rings. The van der Waals surface area contributed by atoms with Crippen molar-refractivity contribution in [3.8, 4) is 0 Å². The van der Waals surface area contributed by atoms with E-state index in [1.54, 1.807) is 6.92 Å². The minimum Gasteiger partial charge on any atom is -0.362 e. The van der Waals surface area contributed by atoms with E-state index in [0.29, 0.717) is 12.1 Å². The lowest BCUT2D eigenvalue weighted by atomic mass is 9.93. The number of hydrogen-bond donors (Lipinski definition) is 2. The molecule has 0 aromatic heterocycles. The van der Waals surface area contributed by atoms with Crippen LogP contribution >= 0.6 is 12.6 Å². The van der Waals surface area contributed by atoms with Crippen LogP contribution in [-0.4, -0.2) is 23.0 Å². The lowest BCUT2D eigenvalue weighted by Crippen LogP contribution is -2.39. The van der Waals surface area contributed by atoms with E-state index in [9.17, 15) is 4.79 Å². The lowest BCUT2D eigenvalue weighted by Gasteiger charge is -2.33. The van der Waals surface area contributed by atoms with Gasteiger partial charge in [0.15, 0.2) is 0 Å². The molecule has 4 heteroatoms. The number of nitrogens with one attached hydrogen (secondary N) is 1. The fraction of sp³-hybridized carbons (Fsp3) is 0.909. The van der Waals surface area contributed by atoms with Crippen LogP contribution < -0.4 is 5.32 Å². The summed E-state index contributed by atoms with van der Waals surface area (Å²) in [4.78, 5) is 10.5. The summed E-state index contributed by atoms with van der Waals surface area (Å²) in [6.45, 7) is 5.48. The number of amides is 1. The summed E-state index contributed by atoms with van der Waals surface area (Å²) in [5.74, 6) is 0.0638. The van der Waals surface area contributed by atoms with Gasteiger partial charge in [-0.1, -0.05) is 0 Å². The predicted molar refractivity (Wildman–Crippen MR) is 64.0 cm³/mol. The zero-order chi connectivity index (χ0) is 11.5. The zero-order valence-corrected chi connectivity index (χ0v) is 10.6. The van der Waals surface area contributed by atoms with Crippen molar-refractivity contribution in [1.82, 2.24) is 5.32 Å². The fourth-order valence-corrected chi connectivity index (χ4v) is 2.17.